The summed E-state index contributed by atoms with van der Waals surface area (Å²) in [6, 6.07) is 4.01. The second-order valence-corrected chi connectivity index (χ2v) is 8.31. The molecule has 0 radical (unpaired) electrons. The number of esters is 1. The maximum atomic E-state index is 12.2. The molecule has 0 unspecified atom stereocenters. The summed E-state index contributed by atoms with van der Waals surface area (Å²) in [6.07, 6.45) is 4.36. The van der Waals surface area contributed by atoms with Gasteiger partial charge in [-0.2, -0.15) is 5.26 Å². The third-order valence-corrected chi connectivity index (χ3v) is 6.30. The number of fused-ring (bicyclic) bond motifs is 1. The van der Waals surface area contributed by atoms with Gasteiger partial charge in [-0.1, -0.05) is 27.2 Å². The van der Waals surface area contributed by atoms with E-state index in [0.717, 1.165) is 19.3 Å². The van der Waals surface area contributed by atoms with Gasteiger partial charge in [0.15, 0.2) is 6.61 Å². The molecule has 1 heterocycles. The molecule has 1 aliphatic carbocycles. The summed E-state index contributed by atoms with van der Waals surface area (Å²) in [5.74, 6) is -0.284. The molecule has 1 amide bonds. The van der Waals surface area contributed by atoms with E-state index < -0.39 is 17.4 Å². The lowest BCUT2D eigenvalue weighted by atomic mass is 9.87. The number of aryl methyl sites for hydroxylation is 1. The summed E-state index contributed by atoms with van der Waals surface area (Å²) in [6.45, 7) is 7.20. The molecule has 0 saturated carbocycles. The molecular weight excluding hydrogens is 336 g/mol. The van der Waals surface area contributed by atoms with E-state index in [4.69, 9.17) is 4.74 Å². The smallest absolute Gasteiger partial charge is 0.348 e. The summed E-state index contributed by atoms with van der Waals surface area (Å²) in [4.78, 5) is 26.0. The highest BCUT2D eigenvalue weighted by Crippen LogP contribution is 2.33. The van der Waals surface area contributed by atoms with E-state index in [0.29, 0.717) is 10.8 Å². The third kappa shape index (κ3) is 4.60. The molecule has 0 aliphatic heterocycles. The van der Waals surface area contributed by atoms with Crippen LogP contribution in [0.4, 0.5) is 0 Å². The monoisotopic (exact) mass is 362 g/mol. The Bertz CT molecular complexity index is 689. The predicted molar refractivity (Wildman–Crippen MR) is 97.4 cm³/mol. The van der Waals surface area contributed by atoms with Gasteiger partial charge in [-0.3, -0.25) is 4.79 Å². The Morgan fingerprint density at radius 2 is 2.24 bits per heavy atom. The van der Waals surface area contributed by atoms with Crippen LogP contribution in [0.2, 0.25) is 0 Å². The molecule has 25 heavy (non-hydrogen) atoms. The molecule has 1 aliphatic rings. The minimum absolute atomic E-state index is 0.0484. The summed E-state index contributed by atoms with van der Waals surface area (Å²) in [5.41, 5.74) is 0.275. The van der Waals surface area contributed by atoms with Gasteiger partial charge in [-0.05, 0) is 49.7 Å². The Labute approximate surface area is 153 Å². The maximum absolute atomic E-state index is 12.2. The van der Waals surface area contributed by atoms with Crippen LogP contribution in [0.25, 0.3) is 0 Å². The molecular formula is C19H26N2O3S. The van der Waals surface area contributed by atoms with E-state index in [1.165, 1.54) is 28.2 Å². The lowest BCUT2D eigenvalue weighted by Crippen LogP contribution is -2.50. The number of nitrogens with zero attached hydrogens (tertiary/aromatic N) is 1. The van der Waals surface area contributed by atoms with E-state index in [9.17, 15) is 14.9 Å². The van der Waals surface area contributed by atoms with E-state index in [2.05, 4.69) is 18.3 Å². The van der Waals surface area contributed by atoms with Crippen LogP contribution >= 0.6 is 11.3 Å². The molecule has 6 heteroatoms. The Hall–Kier alpha value is -1.87. The van der Waals surface area contributed by atoms with Crippen LogP contribution < -0.4 is 5.32 Å². The van der Waals surface area contributed by atoms with E-state index in [1.54, 1.807) is 6.92 Å². The zero-order chi connectivity index (χ0) is 18.6. The van der Waals surface area contributed by atoms with Crippen molar-refractivity contribution in [2.24, 2.45) is 11.8 Å². The number of ether oxygens (including phenoxy) is 1. The second kappa shape index (κ2) is 8.01. The van der Waals surface area contributed by atoms with Crippen molar-refractivity contribution in [2.45, 2.75) is 58.9 Å². The van der Waals surface area contributed by atoms with Gasteiger partial charge in [0.25, 0.3) is 5.91 Å². The summed E-state index contributed by atoms with van der Waals surface area (Å²) >= 11 is 1.47. The van der Waals surface area contributed by atoms with E-state index >= 15 is 0 Å². The van der Waals surface area contributed by atoms with Crippen LogP contribution in [0, 0.1) is 23.2 Å². The highest BCUT2D eigenvalue weighted by Gasteiger charge is 2.30. The van der Waals surface area contributed by atoms with Crippen molar-refractivity contribution in [3.63, 3.8) is 0 Å². The number of nitriles is 1. The summed E-state index contributed by atoms with van der Waals surface area (Å²) in [5, 5.41) is 11.9. The first kappa shape index (κ1) is 19.5. The predicted octanol–water partition coefficient (Wildman–Crippen LogP) is 3.47. The van der Waals surface area contributed by atoms with Crippen LogP contribution in [0.5, 0.6) is 0 Å². The molecule has 1 aromatic rings. The molecule has 0 aromatic carbocycles. The van der Waals surface area contributed by atoms with Gasteiger partial charge in [0.1, 0.15) is 10.4 Å². The number of carbonyl (C=O) groups is 2. The molecule has 0 fully saturated rings. The number of nitrogens with one attached hydrogen (secondary N) is 1. The zero-order valence-corrected chi connectivity index (χ0v) is 16.2. The van der Waals surface area contributed by atoms with Crippen molar-refractivity contribution in [2.75, 3.05) is 6.61 Å². The molecule has 136 valence electrons. The fourth-order valence-electron chi connectivity index (χ4n) is 2.88. The number of amides is 1. The molecule has 2 rings (SSSR count). The lowest BCUT2D eigenvalue weighted by molar-refractivity contribution is -0.125. The fraction of sp³-hybridized carbons (Fsp3) is 0.632. The van der Waals surface area contributed by atoms with E-state index in [-0.39, 0.29) is 12.5 Å². The highest BCUT2D eigenvalue weighted by atomic mass is 32.1. The van der Waals surface area contributed by atoms with Crippen molar-refractivity contribution in [3.05, 3.63) is 21.4 Å². The first-order valence-corrected chi connectivity index (χ1v) is 9.61. The topological polar surface area (TPSA) is 79.2 Å². The van der Waals surface area contributed by atoms with Crippen molar-refractivity contribution < 1.29 is 14.3 Å². The summed E-state index contributed by atoms with van der Waals surface area (Å²) in [7, 11) is 0. The Balaban J connectivity index is 1.92. The van der Waals surface area contributed by atoms with Gasteiger partial charge in [0.05, 0.1) is 6.07 Å². The number of thiophene rings is 1. The minimum atomic E-state index is -0.972. The molecule has 1 N–H and O–H groups in total. The van der Waals surface area contributed by atoms with Crippen LogP contribution in [-0.2, 0) is 22.4 Å². The van der Waals surface area contributed by atoms with Crippen molar-refractivity contribution >= 4 is 23.2 Å². The number of hydrogen-bond acceptors (Lipinski definition) is 5. The quantitative estimate of drug-likeness (QED) is 0.786. The first-order valence-electron chi connectivity index (χ1n) is 8.80. The van der Waals surface area contributed by atoms with E-state index in [1.807, 2.05) is 19.9 Å². The van der Waals surface area contributed by atoms with Crippen LogP contribution in [0.3, 0.4) is 0 Å². The highest BCUT2D eigenvalue weighted by molar-refractivity contribution is 7.14. The number of hydrogen-bond donors (Lipinski definition) is 1. The van der Waals surface area contributed by atoms with Gasteiger partial charge in [-0.15, -0.1) is 11.3 Å². The van der Waals surface area contributed by atoms with Crippen LogP contribution in [0.1, 0.15) is 60.6 Å². The van der Waals surface area contributed by atoms with Crippen LogP contribution in [0.15, 0.2) is 6.07 Å². The van der Waals surface area contributed by atoms with Crippen LogP contribution in [-0.4, -0.2) is 24.0 Å². The van der Waals surface area contributed by atoms with Crippen molar-refractivity contribution in [1.29, 1.82) is 5.26 Å². The average Bonchev–Trinajstić information content (AvgIpc) is 3.02. The third-order valence-electron chi connectivity index (χ3n) is 5.08. The Morgan fingerprint density at radius 3 is 2.84 bits per heavy atom. The second-order valence-electron chi connectivity index (χ2n) is 7.17. The van der Waals surface area contributed by atoms with Gasteiger partial charge in [0, 0.05) is 4.88 Å². The van der Waals surface area contributed by atoms with Gasteiger partial charge >= 0.3 is 5.97 Å². The zero-order valence-electron chi connectivity index (χ0n) is 15.3. The SMILES string of the molecule is CC[C@@H]1CCc2sc(C(=O)OCC(=O)N[C@@](C)(C#N)C(C)C)cc2C1. The Kier molecular flexibility index (Phi) is 6.23. The fourth-order valence-corrected chi connectivity index (χ4v) is 3.98. The van der Waals surface area contributed by atoms with Crippen molar-refractivity contribution in [3.8, 4) is 6.07 Å². The average molecular weight is 362 g/mol. The van der Waals surface area contributed by atoms with Gasteiger partial charge in [0.2, 0.25) is 0 Å². The Morgan fingerprint density at radius 1 is 1.52 bits per heavy atom. The standard InChI is InChI=1S/C19H26N2O3S/c1-5-13-6-7-15-14(8-13)9-16(25-15)18(23)24-10-17(22)21-19(4,11-20)12(2)3/h9,12-13H,5-8,10H2,1-4H3,(H,21,22)/t13-,19+/m1/s1. The molecule has 0 spiro atoms. The first-order chi connectivity index (χ1) is 11.8. The largest absolute Gasteiger partial charge is 0.451 e. The molecule has 5 nitrogen and oxygen atoms in total. The lowest BCUT2D eigenvalue weighted by Gasteiger charge is -2.27. The number of carbonyl (C=O) groups excluding carboxylic acids is 2. The molecule has 1 aromatic heterocycles. The molecule has 0 bridgehead atoms. The van der Waals surface area contributed by atoms with Gasteiger partial charge in [-0.25, -0.2) is 4.79 Å². The molecule has 2 atom stereocenters. The van der Waals surface area contributed by atoms with Crippen molar-refractivity contribution in [1.82, 2.24) is 5.32 Å². The maximum Gasteiger partial charge on any atom is 0.348 e. The normalized spacial score (nSPS) is 18.8. The van der Waals surface area contributed by atoms with Gasteiger partial charge < -0.3 is 10.1 Å². The minimum Gasteiger partial charge on any atom is -0.451 e. The summed E-state index contributed by atoms with van der Waals surface area (Å²) < 4.78 is 5.14. The molecule has 0 saturated heterocycles. The number of rotatable bonds is 6.